The molecule has 1 aliphatic carbocycles. The summed E-state index contributed by atoms with van der Waals surface area (Å²) in [5.41, 5.74) is 0. The molecule has 0 aromatic carbocycles. The van der Waals surface area contributed by atoms with Gasteiger partial charge in [-0.15, -0.1) is 0 Å². The first-order valence-electron chi connectivity index (χ1n) is 8.24. The predicted octanol–water partition coefficient (Wildman–Crippen LogP) is 3.56. The third kappa shape index (κ3) is 3.41. The fraction of sp³-hybridized carbons (Fsp3) is 0.750. The Morgan fingerprint density at radius 3 is 2.45 bits per heavy atom. The van der Waals surface area contributed by atoms with Crippen molar-refractivity contribution in [1.82, 2.24) is 9.97 Å². The lowest BCUT2D eigenvalue weighted by Crippen LogP contribution is -2.28. The van der Waals surface area contributed by atoms with Crippen LogP contribution < -0.4 is 10.2 Å². The van der Waals surface area contributed by atoms with Gasteiger partial charge in [0, 0.05) is 31.6 Å². The van der Waals surface area contributed by atoms with Gasteiger partial charge in [0.25, 0.3) is 0 Å². The van der Waals surface area contributed by atoms with Crippen molar-refractivity contribution in [2.24, 2.45) is 0 Å². The molecule has 0 bridgehead atoms. The van der Waals surface area contributed by atoms with Crippen LogP contribution in [-0.2, 0) is 0 Å². The van der Waals surface area contributed by atoms with Gasteiger partial charge in [-0.05, 0) is 32.6 Å². The lowest BCUT2D eigenvalue weighted by Gasteiger charge is -2.26. The summed E-state index contributed by atoms with van der Waals surface area (Å²) in [6.07, 6.45) is 9.21. The zero-order chi connectivity index (χ0) is 13.8. The van der Waals surface area contributed by atoms with Crippen LogP contribution in [0.5, 0.6) is 0 Å². The number of nitrogens with zero attached hydrogens (tertiary/aromatic N) is 3. The fourth-order valence-electron chi connectivity index (χ4n) is 2.89. The van der Waals surface area contributed by atoms with E-state index in [-0.39, 0.29) is 0 Å². The molecule has 0 atom stereocenters. The lowest BCUT2D eigenvalue weighted by molar-refractivity contribution is 0.553. The quantitative estimate of drug-likeness (QED) is 0.911. The van der Waals surface area contributed by atoms with Crippen molar-refractivity contribution in [2.75, 3.05) is 29.9 Å². The van der Waals surface area contributed by atoms with E-state index in [2.05, 4.69) is 28.2 Å². The van der Waals surface area contributed by atoms with Crippen LogP contribution in [0.1, 0.15) is 63.6 Å². The molecular formula is C16H26N4. The molecule has 1 aliphatic heterocycles. The molecule has 1 aromatic heterocycles. The van der Waals surface area contributed by atoms with E-state index in [0.717, 1.165) is 37.1 Å². The Bertz CT molecular complexity index is 434. The molecule has 110 valence electrons. The van der Waals surface area contributed by atoms with Crippen LogP contribution in [0.15, 0.2) is 6.07 Å². The summed E-state index contributed by atoms with van der Waals surface area (Å²) in [7, 11) is 0. The average Bonchev–Trinajstić information content (AvgIpc) is 3.22. The van der Waals surface area contributed by atoms with Gasteiger partial charge in [0.05, 0.1) is 0 Å². The Balaban J connectivity index is 1.81. The van der Waals surface area contributed by atoms with Gasteiger partial charge >= 0.3 is 0 Å². The summed E-state index contributed by atoms with van der Waals surface area (Å²) < 4.78 is 0. The number of hydrogen-bond acceptors (Lipinski definition) is 4. The molecule has 4 nitrogen and oxygen atoms in total. The Hall–Kier alpha value is -1.32. The molecule has 1 saturated carbocycles. The lowest BCUT2D eigenvalue weighted by atomic mass is 10.1. The Labute approximate surface area is 122 Å². The minimum Gasteiger partial charge on any atom is -0.370 e. The molecule has 0 spiro atoms. The van der Waals surface area contributed by atoms with Crippen LogP contribution in [0, 0.1) is 0 Å². The van der Waals surface area contributed by atoms with E-state index in [0.29, 0.717) is 5.92 Å². The molecule has 2 fully saturated rings. The molecule has 0 amide bonds. The first-order valence-corrected chi connectivity index (χ1v) is 8.24. The molecule has 1 aromatic rings. The molecular weight excluding hydrogens is 248 g/mol. The molecule has 4 heteroatoms. The Kier molecular flexibility index (Phi) is 4.38. The van der Waals surface area contributed by atoms with Gasteiger partial charge < -0.3 is 10.2 Å². The Morgan fingerprint density at radius 2 is 1.80 bits per heavy atom. The van der Waals surface area contributed by atoms with Crippen LogP contribution in [0.3, 0.4) is 0 Å². The predicted molar refractivity (Wildman–Crippen MR) is 83.5 cm³/mol. The monoisotopic (exact) mass is 274 g/mol. The highest BCUT2D eigenvalue weighted by molar-refractivity contribution is 5.50. The molecule has 1 N–H and O–H groups in total. The zero-order valence-electron chi connectivity index (χ0n) is 12.6. The van der Waals surface area contributed by atoms with E-state index >= 15 is 0 Å². The fourth-order valence-corrected chi connectivity index (χ4v) is 2.89. The van der Waals surface area contributed by atoms with Crippen LogP contribution in [-0.4, -0.2) is 29.6 Å². The second-order valence-electron chi connectivity index (χ2n) is 6.03. The topological polar surface area (TPSA) is 41.0 Å². The van der Waals surface area contributed by atoms with Gasteiger partial charge in [-0.3, -0.25) is 0 Å². The summed E-state index contributed by atoms with van der Waals surface area (Å²) in [6.45, 7) is 5.33. The number of nitrogens with one attached hydrogen (secondary N) is 1. The van der Waals surface area contributed by atoms with Gasteiger partial charge in [0.15, 0.2) is 0 Å². The average molecular weight is 274 g/mol. The molecule has 2 heterocycles. The summed E-state index contributed by atoms with van der Waals surface area (Å²) in [5.74, 6) is 3.81. The van der Waals surface area contributed by atoms with E-state index in [1.165, 1.54) is 44.9 Å². The van der Waals surface area contributed by atoms with E-state index in [1.807, 2.05) is 0 Å². The van der Waals surface area contributed by atoms with E-state index in [4.69, 9.17) is 4.98 Å². The minimum absolute atomic E-state index is 0.613. The summed E-state index contributed by atoms with van der Waals surface area (Å²) in [4.78, 5) is 12.0. The van der Waals surface area contributed by atoms with E-state index in [1.54, 1.807) is 0 Å². The van der Waals surface area contributed by atoms with E-state index < -0.39 is 0 Å². The van der Waals surface area contributed by atoms with Gasteiger partial charge in [0.1, 0.15) is 17.5 Å². The van der Waals surface area contributed by atoms with Crippen molar-refractivity contribution in [3.8, 4) is 0 Å². The van der Waals surface area contributed by atoms with Crippen LogP contribution >= 0.6 is 0 Å². The number of rotatable bonds is 4. The summed E-state index contributed by atoms with van der Waals surface area (Å²) in [6, 6.07) is 2.14. The first kappa shape index (κ1) is 13.7. The van der Waals surface area contributed by atoms with Crippen molar-refractivity contribution in [1.29, 1.82) is 0 Å². The maximum atomic E-state index is 4.85. The third-order valence-corrected chi connectivity index (χ3v) is 4.21. The molecule has 3 rings (SSSR count). The van der Waals surface area contributed by atoms with E-state index in [9.17, 15) is 0 Å². The van der Waals surface area contributed by atoms with Crippen molar-refractivity contribution in [3.05, 3.63) is 11.9 Å². The SMILES string of the molecule is CCNc1cc(N2CCCCCCC2)nc(C2CC2)n1. The normalized spacial score (nSPS) is 20.4. The second kappa shape index (κ2) is 6.42. The molecule has 2 aliphatic rings. The molecule has 0 radical (unpaired) electrons. The highest BCUT2D eigenvalue weighted by atomic mass is 15.2. The largest absolute Gasteiger partial charge is 0.370 e. The standard InChI is InChI=1S/C16H26N4/c1-2-17-14-12-15(19-16(18-14)13-8-9-13)20-10-6-4-3-5-7-11-20/h12-13H,2-11H2,1H3,(H,17,18,19). The molecule has 0 unspecified atom stereocenters. The van der Waals surface area contributed by atoms with Gasteiger partial charge in [-0.1, -0.05) is 19.3 Å². The van der Waals surface area contributed by atoms with Gasteiger partial charge in [-0.25, -0.2) is 9.97 Å². The highest BCUT2D eigenvalue weighted by Gasteiger charge is 2.28. The molecule has 1 saturated heterocycles. The minimum atomic E-state index is 0.613. The van der Waals surface area contributed by atoms with Crippen molar-refractivity contribution >= 4 is 11.6 Å². The zero-order valence-corrected chi connectivity index (χ0v) is 12.6. The van der Waals surface area contributed by atoms with Crippen LogP contribution in [0.25, 0.3) is 0 Å². The highest BCUT2D eigenvalue weighted by Crippen LogP contribution is 2.39. The number of aromatic nitrogens is 2. The summed E-state index contributed by atoms with van der Waals surface area (Å²) >= 11 is 0. The van der Waals surface area contributed by atoms with Crippen LogP contribution in [0.2, 0.25) is 0 Å². The van der Waals surface area contributed by atoms with Crippen molar-refractivity contribution in [3.63, 3.8) is 0 Å². The third-order valence-electron chi connectivity index (χ3n) is 4.21. The van der Waals surface area contributed by atoms with Crippen molar-refractivity contribution < 1.29 is 0 Å². The van der Waals surface area contributed by atoms with Gasteiger partial charge in [-0.2, -0.15) is 0 Å². The maximum absolute atomic E-state index is 4.85. The molecule has 20 heavy (non-hydrogen) atoms. The smallest absolute Gasteiger partial charge is 0.136 e. The number of anilines is 2. The summed E-state index contributed by atoms with van der Waals surface area (Å²) in [5, 5.41) is 3.36. The number of hydrogen-bond donors (Lipinski definition) is 1. The maximum Gasteiger partial charge on any atom is 0.136 e. The van der Waals surface area contributed by atoms with Crippen LogP contribution in [0.4, 0.5) is 11.6 Å². The van der Waals surface area contributed by atoms with Gasteiger partial charge in [0.2, 0.25) is 0 Å². The van der Waals surface area contributed by atoms with Crippen molar-refractivity contribution in [2.45, 2.75) is 57.8 Å². The second-order valence-corrected chi connectivity index (χ2v) is 6.03. The first-order chi connectivity index (χ1) is 9.86. The Morgan fingerprint density at radius 1 is 1.10 bits per heavy atom.